The lowest BCUT2D eigenvalue weighted by atomic mass is 9.74. The number of rotatable bonds is 9. The Hall–Kier alpha value is -1.79. The third-order valence-electron chi connectivity index (χ3n) is 16.4. The number of nitrogens with one attached hydrogen (secondary N) is 1. The maximum Gasteiger partial charge on any atom is 0.303 e. The molecule has 348 valence electrons. The van der Waals surface area contributed by atoms with Crippen LogP contribution < -0.4 is 5.32 Å². The van der Waals surface area contributed by atoms with E-state index in [1.165, 1.54) is 0 Å². The molecule has 62 heavy (non-hydrogen) atoms. The third kappa shape index (κ3) is 8.01. The second kappa shape index (κ2) is 16.5. The van der Waals surface area contributed by atoms with Crippen molar-refractivity contribution in [2.75, 3.05) is 6.54 Å². The molecule has 9 heterocycles. The molecule has 0 aliphatic carbocycles. The number of allylic oxidation sites excluding steroid dienone is 1. The first kappa shape index (κ1) is 45.4. The maximum atomic E-state index is 12.5. The molecule has 2 bridgehead atoms. The maximum absolute atomic E-state index is 12.5. The van der Waals surface area contributed by atoms with E-state index in [4.69, 9.17) is 43.0 Å². The molecular formula is C48H73NO13. The van der Waals surface area contributed by atoms with Gasteiger partial charge in [0, 0.05) is 75.7 Å². The minimum Gasteiger partial charge on any atom is -0.481 e. The van der Waals surface area contributed by atoms with Crippen molar-refractivity contribution in [3.63, 3.8) is 0 Å². The number of hydrogen-bond donors (Lipinski definition) is 5. The normalized spacial score (nSPS) is 52.9. The molecule has 21 atom stereocenters. The van der Waals surface area contributed by atoms with Gasteiger partial charge in [-0.3, -0.25) is 10.1 Å². The number of carboxylic acids is 1. The van der Waals surface area contributed by atoms with Crippen LogP contribution in [0.25, 0.3) is 0 Å². The molecule has 3 spiro atoms. The van der Waals surface area contributed by atoms with Crippen molar-refractivity contribution in [2.24, 2.45) is 35.5 Å². The summed E-state index contributed by atoms with van der Waals surface area (Å²) in [6, 6.07) is 0. The fraction of sp³-hybridized carbons (Fsp3) is 0.854. The van der Waals surface area contributed by atoms with Crippen molar-refractivity contribution >= 4 is 5.97 Å². The zero-order valence-electron chi connectivity index (χ0n) is 37.8. The number of piperidine rings is 1. The molecule has 8 fully saturated rings. The number of carbonyl (C=O) groups is 1. The van der Waals surface area contributed by atoms with Gasteiger partial charge in [-0.2, -0.15) is 0 Å². The highest BCUT2D eigenvalue weighted by atomic mass is 16.8. The second-order valence-electron chi connectivity index (χ2n) is 21.5. The van der Waals surface area contributed by atoms with E-state index in [9.17, 15) is 20.1 Å². The fourth-order valence-electron chi connectivity index (χ4n) is 13.2. The van der Waals surface area contributed by atoms with Gasteiger partial charge in [0.05, 0.1) is 48.8 Å². The lowest BCUT2D eigenvalue weighted by Crippen LogP contribution is -2.65. The first-order valence-electron chi connectivity index (χ1n) is 23.8. The van der Waals surface area contributed by atoms with E-state index in [0.717, 1.165) is 31.4 Å². The average Bonchev–Trinajstić information content (AvgIpc) is 3.89. The molecular weight excluding hydrogens is 799 g/mol. The summed E-state index contributed by atoms with van der Waals surface area (Å²) in [5, 5.41) is 49.1. The highest BCUT2D eigenvalue weighted by molar-refractivity contribution is 5.66. The summed E-state index contributed by atoms with van der Waals surface area (Å²) in [6.45, 7) is 19.9. The summed E-state index contributed by atoms with van der Waals surface area (Å²) in [5.74, 6) is -5.89. The van der Waals surface area contributed by atoms with Gasteiger partial charge in [0.25, 0.3) is 0 Å². The molecule has 14 nitrogen and oxygen atoms in total. The number of ether oxygens (including phenoxy) is 8. The van der Waals surface area contributed by atoms with Gasteiger partial charge in [-0.15, -0.1) is 0 Å². The van der Waals surface area contributed by atoms with Gasteiger partial charge in [0.1, 0.15) is 17.9 Å². The topological polar surface area (TPSA) is 184 Å². The Morgan fingerprint density at radius 2 is 1.69 bits per heavy atom. The van der Waals surface area contributed by atoms with E-state index in [1.807, 2.05) is 25.2 Å². The van der Waals surface area contributed by atoms with Crippen LogP contribution in [-0.4, -0.2) is 123 Å². The number of aliphatic carboxylic acids is 1. The van der Waals surface area contributed by atoms with Gasteiger partial charge in [0.15, 0.2) is 23.1 Å². The van der Waals surface area contributed by atoms with Crippen molar-refractivity contribution < 1.29 is 63.1 Å². The van der Waals surface area contributed by atoms with Crippen LogP contribution in [0.4, 0.5) is 0 Å². The minimum atomic E-state index is -2.16. The predicted molar refractivity (Wildman–Crippen MR) is 225 cm³/mol. The van der Waals surface area contributed by atoms with E-state index < -0.39 is 77.2 Å². The summed E-state index contributed by atoms with van der Waals surface area (Å²) >= 11 is 0. The van der Waals surface area contributed by atoms with Crippen LogP contribution in [0, 0.1) is 35.5 Å². The Bertz CT molecular complexity index is 1780. The number of fused-ring (bicyclic) bond motifs is 5. The zero-order valence-corrected chi connectivity index (χ0v) is 37.8. The number of aliphatic hydroxyl groups excluding tert-OH is 2. The molecule has 0 aromatic heterocycles. The molecule has 0 aromatic rings. The number of hydrogen-bond acceptors (Lipinski definition) is 13. The lowest BCUT2D eigenvalue weighted by molar-refractivity contribution is -0.371. The molecule has 0 radical (unpaired) electrons. The molecule has 0 amide bonds. The van der Waals surface area contributed by atoms with Crippen LogP contribution in [0.1, 0.15) is 126 Å². The first-order valence-corrected chi connectivity index (χ1v) is 23.8. The molecule has 5 N–H and O–H groups in total. The molecule has 9 rings (SSSR count). The molecule has 9 aliphatic heterocycles. The number of carboxylic acid groups (broad SMARTS) is 1. The Kier molecular flexibility index (Phi) is 12.1. The van der Waals surface area contributed by atoms with Crippen molar-refractivity contribution in [3.05, 3.63) is 36.0 Å². The van der Waals surface area contributed by atoms with Crippen molar-refractivity contribution in [1.82, 2.24) is 5.32 Å². The Labute approximate surface area is 367 Å². The van der Waals surface area contributed by atoms with E-state index in [0.29, 0.717) is 74.7 Å². The standard InChI is InChI=1S/C48H73NO13/c1-25-16-33(11-9-10-12-39(50)51)56-44(20-25)13-14-47(62-44)30(6)18-34-35(59-47)19-37(55-34)43(53)48(54)32(8)40(52)31(7)41(61-48)28(4)22-45-21-26(2)17-36(57-45)42-38(58-45)23-46(60-42)29(5)15-27(3)24-49-46/h9,11,16,26-27,29-38,40-43,49,52-54H,4,10,12-15,17-24H2,1-3,5-8H3,(H,50,51)/b11-9+/t26-,27+,29-,30+,31-,32+,33+,34+,35+,36+,37-,38+,40+,41+,42+,43+,44+,45-,46-,47+,48+/m0/s1. The van der Waals surface area contributed by atoms with Gasteiger partial charge < -0.3 is 58.3 Å². The van der Waals surface area contributed by atoms with Crippen LogP contribution in [0.5, 0.6) is 0 Å². The SMILES string of the molecule is C=C(C[C@@]12C[C@@H](C)C[C@@H](O1)[C@H]1O[C@]3(C[C@H]1O2)NC[C@H](C)C[C@@H]3C)[C@H]1O[C@@](O)([C@H](O)[C@@H]2C[C@H]3O[C@@]4(CC[C@]5(CC(C)=C[C@@H](/C=C/CCC(=O)O)O5)O4)[C@H](C)C[C@H]3O2)[C@H](C)[C@H](O)[C@@H]1C. The molecule has 0 unspecified atom stereocenters. The third-order valence-corrected chi connectivity index (χ3v) is 16.4. The number of aliphatic hydroxyl groups is 3. The van der Waals surface area contributed by atoms with Crippen LogP contribution in [0.3, 0.4) is 0 Å². The highest BCUT2D eigenvalue weighted by Crippen LogP contribution is 2.56. The fourth-order valence-corrected chi connectivity index (χ4v) is 13.2. The molecule has 8 saturated heterocycles. The van der Waals surface area contributed by atoms with E-state index in [1.54, 1.807) is 6.92 Å². The second-order valence-corrected chi connectivity index (χ2v) is 21.5. The Balaban J connectivity index is 0.864. The monoisotopic (exact) mass is 872 g/mol. The summed E-state index contributed by atoms with van der Waals surface area (Å²) in [6.07, 6.45) is 6.97. The summed E-state index contributed by atoms with van der Waals surface area (Å²) in [5.41, 5.74) is 1.32. The van der Waals surface area contributed by atoms with Gasteiger partial charge >= 0.3 is 5.97 Å². The molecule has 0 saturated carbocycles. The predicted octanol–water partition coefficient (Wildman–Crippen LogP) is 5.62. The van der Waals surface area contributed by atoms with Gasteiger partial charge in [-0.1, -0.05) is 71.9 Å². The minimum absolute atomic E-state index is 0.0562. The van der Waals surface area contributed by atoms with E-state index in [-0.39, 0.29) is 42.9 Å². The summed E-state index contributed by atoms with van der Waals surface area (Å²) in [4.78, 5) is 11.0. The van der Waals surface area contributed by atoms with Crippen molar-refractivity contribution in [1.29, 1.82) is 0 Å². The quantitative estimate of drug-likeness (QED) is 0.180. The zero-order chi connectivity index (χ0) is 44.1. The van der Waals surface area contributed by atoms with Crippen molar-refractivity contribution in [3.8, 4) is 0 Å². The Morgan fingerprint density at radius 1 is 0.919 bits per heavy atom. The summed E-state index contributed by atoms with van der Waals surface area (Å²) in [7, 11) is 0. The van der Waals surface area contributed by atoms with Gasteiger partial charge in [0.2, 0.25) is 0 Å². The smallest absolute Gasteiger partial charge is 0.303 e. The van der Waals surface area contributed by atoms with Crippen LogP contribution >= 0.6 is 0 Å². The van der Waals surface area contributed by atoms with Crippen LogP contribution in [0.15, 0.2) is 36.0 Å². The van der Waals surface area contributed by atoms with Gasteiger partial charge in [-0.05, 0) is 55.9 Å². The average molecular weight is 872 g/mol. The van der Waals surface area contributed by atoms with Crippen LogP contribution in [-0.2, 0) is 42.7 Å². The first-order chi connectivity index (χ1) is 29.3. The lowest BCUT2D eigenvalue weighted by Gasteiger charge is -2.54. The van der Waals surface area contributed by atoms with Crippen LogP contribution in [0.2, 0.25) is 0 Å². The van der Waals surface area contributed by atoms with Gasteiger partial charge in [-0.25, -0.2) is 0 Å². The summed E-state index contributed by atoms with van der Waals surface area (Å²) < 4.78 is 54.1. The van der Waals surface area contributed by atoms with Crippen molar-refractivity contribution in [2.45, 2.75) is 215 Å². The largest absolute Gasteiger partial charge is 0.481 e. The van der Waals surface area contributed by atoms with E-state index in [2.05, 4.69) is 46.5 Å². The highest BCUT2D eigenvalue weighted by Gasteiger charge is 2.65. The Morgan fingerprint density at radius 3 is 2.45 bits per heavy atom. The molecule has 0 aromatic carbocycles. The molecule has 9 aliphatic rings. The molecule has 14 heteroatoms. The van der Waals surface area contributed by atoms with E-state index >= 15 is 0 Å².